The highest BCUT2D eigenvalue weighted by Crippen LogP contribution is 2.38. The minimum absolute atomic E-state index is 0.0784. The fourth-order valence-corrected chi connectivity index (χ4v) is 5.29. The van der Waals surface area contributed by atoms with Crippen molar-refractivity contribution in [3.8, 4) is 10.4 Å². The molecule has 0 fully saturated rings. The average molecular weight is 479 g/mol. The molecule has 4 rings (SSSR count). The van der Waals surface area contributed by atoms with Crippen LogP contribution in [0.4, 0.5) is 5.00 Å². The summed E-state index contributed by atoms with van der Waals surface area (Å²) >= 11 is 9.94. The maximum atomic E-state index is 12.5. The Morgan fingerprint density at radius 1 is 1.30 bits per heavy atom. The number of hydrogen-bond acceptors (Lipinski definition) is 8. The molecule has 0 bridgehead atoms. The molecule has 3 heterocycles. The summed E-state index contributed by atoms with van der Waals surface area (Å²) in [4.78, 5) is 30.3. The molecule has 0 saturated heterocycles. The first kappa shape index (κ1) is 20.9. The lowest BCUT2D eigenvalue weighted by Crippen LogP contribution is -2.16. The molecule has 0 aliphatic heterocycles. The van der Waals surface area contributed by atoms with Gasteiger partial charge in [0.25, 0.3) is 5.22 Å². The van der Waals surface area contributed by atoms with Gasteiger partial charge in [-0.15, -0.1) is 22.7 Å². The first-order valence-electron chi connectivity index (χ1n) is 8.86. The Morgan fingerprint density at radius 2 is 2.17 bits per heavy atom. The third kappa shape index (κ3) is 4.54. The molecule has 1 amide bonds. The van der Waals surface area contributed by atoms with Gasteiger partial charge in [0, 0.05) is 20.8 Å². The predicted molar refractivity (Wildman–Crippen MR) is 122 cm³/mol. The van der Waals surface area contributed by atoms with E-state index >= 15 is 0 Å². The van der Waals surface area contributed by atoms with Gasteiger partial charge in [-0.3, -0.25) is 4.79 Å². The van der Waals surface area contributed by atoms with Crippen molar-refractivity contribution in [2.45, 2.75) is 12.1 Å². The van der Waals surface area contributed by atoms with Crippen molar-refractivity contribution in [1.82, 2.24) is 4.98 Å². The van der Waals surface area contributed by atoms with Crippen molar-refractivity contribution in [3.05, 3.63) is 51.7 Å². The molecule has 0 spiro atoms. The number of fused-ring (bicyclic) bond motifs is 1. The van der Waals surface area contributed by atoms with Gasteiger partial charge in [0.05, 0.1) is 12.4 Å². The Kier molecular flexibility index (Phi) is 6.43. The minimum Gasteiger partial charge on any atom is -0.462 e. The summed E-state index contributed by atoms with van der Waals surface area (Å²) in [6.07, 6.45) is 0. The summed E-state index contributed by atoms with van der Waals surface area (Å²) in [6.45, 7) is 2.00. The number of rotatable bonds is 7. The van der Waals surface area contributed by atoms with Gasteiger partial charge in [0.2, 0.25) is 5.91 Å². The molecule has 0 radical (unpaired) electrons. The van der Waals surface area contributed by atoms with Crippen LogP contribution in [-0.2, 0) is 9.53 Å². The van der Waals surface area contributed by atoms with E-state index in [1.54, 1.807) is 25.1 Å². The zero-order valence-corrected chi connectivity index (χ0v) is 18.8. The summed E-state index contributed by atoms with van der Waals surface area (Å²) in [6, 6.07) is 8.99. The van der Waals surface area contributed by atoms with E-state index in [9.17, 15) is 9.59 Å². The molecule has 30 heavy (non-hydrogen) atoms. The van der Waals surface area contributed by atoms with E-state index in [4.69, 9.17) is 20.8 Å². The van der Waals surface area contributed by atoms with Crippen molar-refractivity contribution in [1.29, 1.82) is 0 Å². The lowest BCUT2D eigenvalue weighted by atomic mass is 10.1. The fourth-order valence-electron chi connectivity index (χ4n) is 2.70. The summed E-state index contributed by atoms with van der Waals surface area (Å²) in [5, 5.41) is 8.01. The Labute approximate surface area is 189 Å². The van der Waals surface area contributed by atoms with Crippen LogP contribution in [0.2, 0.25) is 5.02 Å². The van der Waals surface area contributed by atoms with Crippen LogP contribution in [-0.4, -0.2) is 29.2 Å². The molecule has 0 atom stereocenters. The Bertz CT molecular complexity index is 1200. The molecular formula is C20H15ClN2O4S3. The topological polar surface area (TPSA) is 81.4 Å². The van der Waals surface area contributed by atoms with Gasteiger partial charge in [0.15, 0.2) is 5.58 Å². The number of thioether (sulfide) groups is 1. The molecule has 0 aliphatic rings. The second-order valence-corrected chi connectivity index (χ2v) is 9.17. The van der Waals surface area contributed by atoms with Crippen LogP contribution in [0.15, 0.2) is 50.7 Å². The Morgan fingerprint density at radius 3 is 2.93 bits per heavy atom. The van der Waals surface area contributed by atoms with Crippen LogP contribution in [0.5, 0.6) is 0 Å². The van der Waals surface area contributed by atoms with E-state index in [1.807, 2.05) is 22.9 Å². The van der Waals surface area contributed by atoms with Gasteiger partial charge in [-0.1, -0.05) is 29.4 Å². The molecule has 1 N–H and O–H groups in total. The molecule has 10 heteroatoms. The van der Waals surface area contributed by atoms with E-state index < -0.39 is 5.97 Å². The van der Waals surface area contributed by atoms with Gasteiger partial charge in [-0.2, -0.15) is 0 Å². The maximum Gasteiger partial charge on any atom is 0.341 e. The first-order valence-corrected chi connectivity index (χ1v) is 12.0. The van der Waals surface area contributed by atoms with E-state index in [2.05, 4.69) is 10.3 Å². The number of anilines is 1. The summed E-state index contributed by atoms with van der Waals surface area (Å²) in [5.74, 6) is -0.652. The van der Waals surface area contributed by atoms with Crippen LogP contribution in [0, 0.1) is 0 Å². The predicted octanol–water partition coefficient (Wildman–Crippen LogP) is 6.18. The van der Waals surface area contributed by atoms with Crippen molar-refractivity contribution in [2.24, 2.45) is 0 Å². The second-order valence-electron chi connectivity index (χ2n) is 5.98. The highest BCUT2D eigenvalue weighted by atomic mass is 35.5. The number of hydrogen-bond donors (Lipinski definition) is 1. The minimum atomic E-state index is -0.457. The fraction of sp³-hybridized carbons (Fsp3) is 0.150. The van der Waals surface area contributed by atoms with E-state index in [-0.39, 0.29) is 18.3 Å². The zero-order valence-electron chi connectivity index (χ0n) is 15.6. The molecule has 0 unspecified atom stereocenters. The van der Waals surface area contributed by atoms with Gasteiger partial charge in [-0.05, 0) is 36.6 Å². The number of thiophene rings is 2. The Balaban J connectivity index is 1.48. The highest BCUT2D eigenvalue weighted by Gasteiger charge is 2.23. The number of nitrogens with one attached hydrogen (secondary N) is 1. The third-order valence-corrected chi connectivity index (χ3v) is 6.83. The zero-order chi connectivity index (χ0) is 21.1. The first-order chi connectivity index (χ1) is 14.5. The summed E-state index contributed by atoms with van der Waals surface area (Å²) in [7, 11) is 0. The number of oxazole rings is 1. The van der Waals surface area contributed by atoms with E-state index in [0.29, 0.717) is 31.9 Å². The molecule has 154 valence electrons. The molecule has 0 aliphatic carbocycles. The molecule has 0 saturated carbocycles. The summed E-state index contributed by atoms with van der Waals surface area (Å²) < 4.78 is 10.8. The number of nitrogens with zero attached hydrogens (tertiary/aromatic N) is 1. The summed E-state index contributed by atoms with van der Waals surface area (Å²) in [5.41, 5.74) is 2.37. The van der Waals surface area contributed by atoms with Crippen molar-refractivity contribution in [2.75, 3.05) is 17.7 Å². The number of carbonyl (C=O) groups is 2. The smallest absolute Gasteiger partial charge is 0.341 e. The van der Waals surface area contributed by atoms with Gasteiger partial charge >= 0.3 is 5.97 Å². The van der Waals surface area contributed by atoms with E-state index in [0.717, 1.165) is 10.4 Å². The molecule has 6 nitrogen and oxygen atoms in total. The Hall–Kier alpha value is -2.33. The largest absolute Gasteiger partial charge is 0.462 e. The second kappa shape index (κ2) is 9.22. The van der Waals surface area contributed by atoms with Gasteiger partial charge < -0.3 is 14.5 Å². The van der Waals surface area contributed by atoms with Crippen LogP contribution in [0.1, 0.15) is 17.3 Å². The van der Waals surface area contributed by atoms with Crippen LogP contribution in [0.3, 0.4) is 0 Å². The molecular weight excluding hydrogens is 464 g/mol. The number of amides is 1. The van der Waals surface area contributed by atoms with Gasteiger partial charge in [-0.25, -0.2) is 9.78 Å². The molecule has 1 aromatic carbocycles. The lowest BCUT2D eigenvalue weighted by Gasteiger charge is -2.07. The number of carbonyl (C=O) groups excluding carboxylic acids is 2. The number of ether oxygens (including phenoxy) is 1. The lowest BCUT2D eigenvalue weighted by molar-refractivity contribution is -0.113. The van der Waals surface area contributed by atoms with Crippen molar-refractivity contribution >= 4 is 74.0 Å². The van der Waals surface area contributed by atoms with Crippen LogP contribution in [0.25, 0.3) is 21.5 Å². The SMILES string of the molecule is CCOC(=O)c1c(-c2cccs2)csc1NC(=O)CSc1nc2cc(Cl)ccc2o1. The maximum absolute atomic E-state index is 12.5. The average Bonchev–Trinajstić information content (AvgIpc) is 3.45. The molecule has 4 aromatic rings. The molecule has 3 aromatic heterocycles. The van der Waals surface area contributed by atoms with Crippen molar-refractivity contribution < 1.29 is 18.7 Å². The van der Waals surface area contributed by atoms with E-state index in [1.165, 1.54) is 34.4 Å². The number of benzene rings is 1. The number of halogens is 1. The highest BCUT2D eigenvalue weighted by molar-refractivity contribution is 7.99. The monoisotopic (exact) mass is 478 g/mol. The quantitative estimate of drug-likeness (QED) is 0.252. The van der Waals surface area contributed by atoms with Crippen LogP contribution < -0.4 is 5.32 Å². The normalized spacial score (nSPS) is 11.0. The number of aromatic nitrogens is 1. The van der Waals surface area contributed by atoms with Crippen LogP contribution >= 0.6 is 46.0 Å². The third-order valence-electron chi connectivity index (χ3n) is 3.97. The standard InChI is InChI=1S/C20H15ClN2O4S3/c1-2-26-19(25)17-12(15-4-3-7-28-15)9-29-18(17)23-16(24)10-30-20-22-13-8-11(21)5-6-14(13)27-20/h3-9H,2,10H2,1H3,(H,23,24). The van der Waals surface area contributed by atoms with Gasteiger partial charge in [0.1, 0.15) is 16.1 Å². The van der Waals surface area contributed by atoms with Crippen molar-refractivity contribution in [3.63, 3.8) is 0 Å². The number of esters is 1.